The molecule has 0 aliphatic carbocycles. The minimum atomic E-state index is -0.580. The summed E-state index contributed by atoms with van der Waals surface area (Å²) in [6.45, 7) is 7.99. The molecule has 0 radical (unpaired) electrons. The van der Waals surface area contributed by atoms with E-state index >= 15 is 0 Å². The maximum Gasteiger partial charge on any atom is 0.282 e. The van der Waals surface area contributed by atoms with Gasteiger partial charge >= 0.3 is 0 Å². The number of nitro benzene ring substituents is 1. The normalized spacial score (nSPS) is 13.8. The first-order valence-electron chi connectivity index (χ1n) is 6.96. The zero-order valence-electron chi connectivity index (χ0n) is 13.0. The summed E-state index contributed by atoms with van der Waals surface area (Å²) in [7, 11) is 0. The van der Waals surface area contributed by atoms with E-state index in [1.165, 1.54) is 12.1 Å². The Kier molecular flexibility index (Phi) is 5.43. The Morgan fingerprint density at radius 2 is 2.10 bits per heavy atom. The molecule has 0 saturated carbocycles. The summed E-state index contributed by atoms with van der Waals surface area (Å²) in [5, 5.41) is 13.9. The second kappa shape index (κ2) is 6.67. The lowest BCUT2D eigenvalue weighted by Gasteiger charge is -2.31. The van der Waals surface area contributed by atoms with Gasteiger partial charge in [-0.15, -0.1) is 0 Å². The summed E-state index contributed by atoms with van der Waals surface area (Å²) in [5.74, 6) is -0.106. The molecule has 1 aromatic rings. The molecule has 0 spiro atoms. The van der Waals surface area contributed by atoms with E-state index in [0.29, 0.717) is 12.3 Å². The van der Waals surface area contributed by atoms with Gasteiger partial charge < -0.3 is 11.1 Å². The number of nitrogens with zero attached hydrogens (tertiary/aromatic N) is 1. The second-order valence-electron chi connectivity index (χ2n) is 6.09. The number of benzene rings is 1. The van der Waals surface area contributed by atoms with Gasteiger partial charge in [0.25, 0.3) is 11.6 Å². The first-order valence-corrected chi connectivity index (χ1v) is 6.96. The number of carbonyl (C=O) groups is 1. The van der Waals surface area contributed by atoms with Crippen LogP contribution in [-0.2, 0) is 0 Å². The fourth-order valence-corrected chi connectivity index (χ4v) is 2.42. The van der Waals surface area contributed by atoms with Gasteiger partial charge in [-0.2, -0.15) is 0 Å². The molecule has 1 atom stereocenters. The Bertz CT molecular complexity index is 543. The standard InChI is InChI=1S/C15H23N3O3/c1-10(2)8-15(4,9-16)17-14(19)12-7-11(3)5-6-13(12)18(20)21/h5-7,10H,8-9,16H2,1-4H3,(H,17,19). The van der Waals surface area contributed by atoms with E-state index in [1.54, 1.807) is 13.0 Å². The molecule has 1 rings (SSSR count). The van der Waals surface area contributed by atoms with Crippen molar-refractivity contribution in [1.82, 2.24) is 5.32 Å². The Morgan fingerprint density at radius 3 is 2.57 bits per heavy atom. The molecule has 0 aliphatic rings. The highest BCUT2D eigenvalue weighted by molar-refractivity contribution is 5.98. The maximum absolute atomic E-state index is 12.4. The van der Waals surface area contributed by atoms with Crippen LogP contribution in [0.4, 0.5) is 5.69 Å². The van der Waals surface area contributed by atoms with Crippen LogP contribution in [0.3, 0.4) is 0 Å². The van der Waals surface area contributed by atoms with E-state index < -0.39 is 16.4 Å². The fraction of sp³-hybridized carbons (Fsp3) is 0.533. The summed E-state index contributed by atoms with van der Waals surface area (Å²) >= 11 is 0. The molecule has 1 amide bonds. The average Bonchev–Trinajstić information content (AvgIpc) is 2.37. The van der Waals surface area contributed by atoms with Gasteiger partial charge in [-0.25, -0.2) is 0 Å². The average molecular weight is 293 g/mol. The Balaban J connectivity index is 3.08. The van der Waals surface area contributed by atoms with E-state index in [-0.39, 0.29) is 17.8 Å². The topological polar surface area (TPSA) is 98.3 Å². The molecular weight excluding hydrogens is 270 g/mol. The molecule has 0 bridgehead atoms. The molecule has 1 unspecified atom stereocenters. The zero-order valence-corrected chi connectivity index (χ0v) is 13.0. The fourth-order valence-electron chi connectivity index (χ4n) is 2.42. The molecule has 0 saturated heterocycles. The Hall–Kier alpha value is -1.95. The highest BCUT2D eigenvalue weighted by Crippen LogP contribution is 2.22. The van der Waals surface area contributed by atoms with Gasteiger partial charge in [0.1, 0.15) is 5.56 Å². The van der Waals surface area contributed by atoms with Gasteiger partial charge in [-0.1, -0.05) is 19.9 Å². The van der Waals surface area contributed by atoms with Crippen molar-refractivity contribution in [2.45, 2.75) is 39.7 Å². The summed E-state index contributed by atoms with van der Waals surface area (Å²) in [5.41, 5.74) is 5.86. The van der Waals surface area contributed by atoms with Crippen LogP contribution in [0.2, 0.25) is 0 Å². The van der Waals surface area contributed by atoms with Crippen molar-refractivity contribution in [3.63, 3.8) is 0 Å². The van der Waals surface area contributed by atoms with E-state index in [9.17, 15) is 14.9 Å². The van der Waals surface area contributed by atoms with Crippen LogP contribution in [0.15, 0.2) is 18.2 Å². The lowest BCUT2D eigenvalue weighted by molar-refractivity contribution is -0.385. The zero-order chi connectivity index (χ0) is 16.2. The third-order valence-electron chi connectivity index (χ3n) is 3.32. The number of amides is 1. The van der Waals surface area contributed by atoms with Gasteiger partial charge in [-0.05, 0) is 37.8 Å². The van der Waals surface area contributed by atoms with Crippen molar-refractivity contribution in [2.24, 2.45) is 11.7 Å². The summed E-state index contributed by atoms with van der Waals surface area (Å²) in [6, 6.07) is 4.50. The third kappa shape index (κ3) is 4.53. The number of hydrogen-bond donors (Lipinski definition) is 2. The lowest BCUT2D eigenvalue weighted by atomic mass is 9.90. The number of nitrogens with two attached hydrogens (primary N) is 1. The van der Waals surface area contributed by atoms with E-state index in [1.807, 2.05) is 20.8 Å². The molecular formula is C15H23N3O3. The summed E-state index contributed by atoms with van der Waals surface area (Å²) in [4.78, 5) is 22.9. The van der Waals surface area contributed by atoms with Crippen LogP contribution >= 0.6 is 0 Å². The van der Waals surface area contributed by atoms with Crippen LogP contribution in [0, 0.1) is 23.0 Å². The van der Waals surface area contributed by atoms with Gasteiger partial charge in [0.15, 0.2) is 0 Å². The van der Waals surface area contributed by atoms with Crippen LogP contribution in [-0.4, -0.2) is 22.9 Å². The quantitative estimate of drug-likeness (QED) is 0.621. The predicted octanol–water partition coefficient (Wildman–Crippen LogP) is 2.40. The molecule has 0 fully saturated rings. The van der Waals surface area contributed by atoms with Gasteiger partial charge in [0, 0.05) is 18.2 Å². The first kappa shape index (κ1) is 17.1. The maximum atomic E-state index is 12.4. The number of hydrogen-bond acceptors (Lipinski definition) is 4. The summed E-state index contributed by atoms with van der Waals surface area (Å²) < 4.78 is 0. The molecule has 0 aromatic heterocycles. The molecule has 0 heterocycles. The van der Waals surface area contributed by atoms with Gasteiger partial charge in [0.05, 0.1) is 4.92 Å². The molecule has 116 valence electrons. The molecule has 6 heteroatoms. The van der Waals surface area contributed by atoms with Crippen LogP contribution < -0.4 is 11.1 Å². The van der Waals surface area contributed by atoms with Crippen LogP contribution in [0.5, 0.6) is 0 Å². The van der Waals surface area contributed by atoms with Crippen molar-refractivity contribution >= 4 is 11.6 Å². The van der Waals surface area contributed by atoms with Crippen molar-refractivity contribution in [2.75, 3.05) is 6.54 Å². The SMILES string of the molecule is Cc1ccc([N+](=O)[O-])c(C(=O)NC(C)(CN)CC(C)C)c1. The number of nitro groups is 1. The molecule has 21 heavy (non-hydrogen) atoms. The Labute approximate surface area is 124 Å². The van der Waals surface area contributed by atoms with Crippen molar-refractivity contribution in [1.29, 1.82) is 0 Å². The van der Waals surface area contributed by atoms with Crippen molar-refractivity contribution in [3.05, 3.63) is 39.4 Å². The molecule has 1 aromatic carbocycles. The number of aryl methyl sites for hydroxylation is 1. The summed E-state index contributed by atoms with van der Waals surface area (Å²) in [6.07, 6.45) is 0.703. The van der Waals surface area contributed by atoms with E-state index in [2.05, 4.69) is 5.32 Å². The number of carbonyl (C=O) groups excluding carboxylic acids is 1. The largest absolute Gasteiger partial charge is 0.345 e. The highest BCUT2D eigenvalue weighted by Gasteiger charge is 2.29. The highest BCUT2D eigenvalue weighted by atomic mass is 16.6. The van der Waals surface area contributed by atoms with E-state index in [4.69, 9.17) is 5.73 Å². The third-order valence-corrected chi connectivity index (χ3v) is 3.32. The van der Waals surface area contributed by atoms with Crippen LogP contribution in [0.1, 0.15) is 43.1 Å². The van der Waals surface area contributed by atoms with Gasteiger partial charge in [-0.3, -0.25) is 14.9 Å². The first-order chi connectivity index (χ1) is 9.68. The van der Waals surface area contributed by atoms with Crippen LogP contribution in [0.25, 0.3) is 0 Å². The second-order valence-corrected chi connectivity index (χ2v) is 6.09. The minimum absolute atomic E-state index is 0.0726. The Morgan fingerprint density at radius 1 is 1.48 bits per heavy atom. The number of rotatable bonds is 6. The van der Waals surface area contributed by atoms with Crippen molar-refractivity contribution in [3.8, 4) is 0 Å². The number of nitrogens with one attached hydrogen (secondary N) is 1. The van der Waals surface area contributed by atoms with Crippen molar-refractivity contribution < 1.29 is 9.72 Å². The van der Waals surface area contributed by atoms with Gasteiger partial charge in [0.2, 0.25) is 0 Å². The lowest BCUT2D eigenvalue weighted by Crippen LogP contribution is -2.52. The minimum Gasteiger partial charge on any atom is -0.345 e. The molecule has 6 nitrogen and oxygen atoms in total. The predicted molar refractivity (Wildman–Crippen MR) is 82.2 cm³/mol. The van der Waals surface area contributed by atoms with E-state index in [0.717, 1.165) is 5.56 Å². The smallest absolute Gasteiger partial charge is 0.282 e. The molecule has 0 aliphatic heterocycles. The monoisotopic (exact) mass is 293 g/mol. The molecule has 3 N–H and O–H groups in total.